The van der Waals surface area contributed by atoms with Gasteiger partial charge < -0.3 is 19.5 Å². The van der Waals surface area contributed by atoms with Gasteiger partial charge in [-0.3, -0.25) is 4.79 Å². The Morgan fingerprint density at radius 3 is 2.23 bits per heavy atom. The van der Waals surface area contributed by atoms with Crippen molar-refractivity contribution < 1.29 is 23.4 Å². The second-order valence-corrected chi connectivity index (χ2v) is 6.36. The van der Waals surface area contributed by atoms with Gasteiger partial charge in [-0.25, -0.2) is 4.39 Å². The molecule has 0 atom stereocenters. The zero-order valence-electron chi connectivity index (χ0n) is 17.8. The van der Waals surface area contributed by atoms with Crippen LogP contribution in [0.1, 0.15) is 37.0 Å². The molecule has 1 aromatic heterocycles. The van der Waals surface area contributed by atoms with Crippen molar-refractivity contribution in [1.29, 1.82) is 0 Å². The molecule has 0 saturated carbocycles. The molecule has 0 aliphatic heterocycles. The van der Waals surface area contributed by atoms with Crippen LogP contribution in [0.25, 0.3) is 5.69 Å². The first-order valence-corrected chi connectivity index (χ1v) is 9.91. The van der Waals surface area contributed by atoms with Gasteiger partial charge in [-0.1, -0.05) is 0 Å². The number of halogens is 1. The van der Waals surface area contributed by atoms with Gasteiger partial charge in [0.25, 0.3) is 5.91 Å². The fourth-order valence-corrected chi connectivity index (χ4v) is 2.93. The molecule has 3 rings (SSSR count). The lowest BCUT2D eigenvalue weighted by Gasteiger charge is -2.17. The number of hydrogen-bond donors (Lipinski definition) is 1. The molecule has 164 valence electrons. The van der Waals surface area contributed by atoms with Crippen LogP contribution < -0.4 is 19.5 Å². The van der Waals surface area contributed by atoms with E-state index >= 15 is 0 Å². The van der Waals surface area contributed by atoms with Crippen molar-refractivity contribution in [3.63, 3.8) is 0 Å². The smallest absolute Gasteiger partial charge is 0.255 e. The maximum atomic E-state index is 14.3. The quantitative estimate of drug-likeness (QED) is 0.555. The molecule has 0 radical (unpaired) electrons. The average Bonchev–Trinajstić information content (AvgIpc) is 3.17. The molecule has 31 heavy (non-hydrogen) atoms. The van der Waals surface area contributed by atoms with E-state index in [9.17, 15) is 9.18 Å². The number of rotatable bonds is 9. The number of aryl methyl sites for hydroxylation is 1. The number of amides is 1. The van der Waals surface area contributed by atoms with Crippen LogP contribution in [0.2, 0.25) is 0 Å². The topological polar surface area (TPSA) is 100 Å². The second-order valence-electron chi connectivity index (χ2n) is 6.36. The van der Waals surface area contributed by atoms with Crippen molar-refractivity contribution in [3.8, 4) is 22.9 Å². The van der Waals surface area contributed by atoms with E-state index in [2.05, 4.69) is 20.8 Å². The summed E-state index contributed by atoms with van der Waals surface area (Å²) in [5.41, 5.74) is 0.804. The van der Waals surface area contributed by atoms with Crippen LogP contribution in [0, 0.1) is 12.7 Å². The highest BCUT2D eigenvalue weighted by Crippen LogP contribution is 2.39. The van der Waals surface area contributed by atoms with Crippen LogP contribution in [0.15, 0.2) is 30.3 Å². The van der Waals surface area contributed by atoms with Gasteiger partial charge in [0, 0.05) is 11.3 Å². The highest BCUT2D eigenvalue weighted by molar-refractivity contribution is 6.05. The number of nitrogens with zero attached hydrogens (tertiary/aromatic N) is 4. The predicted octanol–water partition coefficient (Wildman–Crippen LogP) is 3.56. The fraction of sp³-hybridized carbons (Fsp3) is 0.333. The Labute approximate surface area is 179 Å². The molecule has 1 N–H and O–H groups in total. The standard InChI is InChI=1S/C21H24FN5O4/c1-5-29-18-10-14(11-19(30-6-2)20(18)31-7-3)21(28)23-15-8-9-16(22)17(12-15)27-13(4)24-25-26-27/h8-12H,5-7H2,1-4H3,(H,23,28). The second kappa shape index (κ2) is 9.88. The molecule has 1 heterocycles. The molecule has 0 unspecified atom stereocenters. The highest BCUT2D eigenvalue weighted by atomic mass is 19.1. The third-order valence-electron chi connectivity index (χ3n) is 4.23. The van der Waals surface area contributed by atoms with Gasteiger partial charge in [0.05, 0.1) is 19.8 Å². The SMILES string of the molecule is CCOc1cc(C(=O)Nc2ccc(F)c(-n3nnnc3C)c2)cc(OCC)c1OCC. The largest absolute Gasteiger partial charge is 0.490 e. The first-order valence-electron chi connectivity index (χ1n) is 9.91. The van der Waals surface area contributed by atoms with E-state index in [4.69, 9.17) is 14.2 Å². The Morgan fingerprint density at radius 1 is 1.03 bits per heavy atom. The third-order valence-corrected chi connectivity index (χ3v) is 4.23. The molecular weight excluding hydrogens is 405 g/mol. The number of tetrazole rings is 1. The first kappa shape index (κ1) is 22.0. The minimum absolute atomic E-state index is 0.122. The Balaban J connectivity index is 1.93. The van der Waals surface area contributed by atoms with Crippen LogP contribution in [0.4, 0.5) is 10.1 Å². The number of anilines is 1. The molecule has 0 aliphatic rings. The molecule has 0 spiro atoms. The average molecular weight is 429 g/mol. The van der Waals surface area contributed by atoms with Crippen molar-refractivity contribution in [2.45, 2.75) is 27.7 Å². The van der Waals surface area contributed by atoms with Crippen LogP contribution in [-0.2, 0) is 0 Å². The summed E-state index contributed by atoms with van der Waals surface area (Å²) in [6, 6.07) is 7.32. The molecule has 1 amide bonds. The lowest BCUT2D eigenvalue weighted by molar-refractivity contribution is 0.102. The lowest BCUT2D eigenvalue weighted by Crippen LogP contribution is -2.14. The van der Waals surface area contributed by atoms with Crippen LogP contribution in [-0.4, -0.2) is 45.9 Å². The summed E-state index contributed by atoms with van der Waals surface area (Å²) in [6.45, 7) is 8.38. The van der Waals surface area contributed by atoms with E-state index in [1.165, 1.54) is 22.9 Å². The molecule has 0 aliphatic carbocycles. The fourth-order valence-electron chi connectivity index (χ4n) is 2.93. The molecule has 0 fully saturated rings. The van der Waals surface area contributed by atoms with E-state index < -0.39 is 11.7 Å². The zero-order valence-corrected chi connectivity index (χ0v) is 17.8. The number of carbonyl (C=O) groups excluding carboxylic acids is 1. The summed E-state index contributed by atoms with van der Waals surface area (Å²) in [5.74, 6) is 0.731. The summed E-state index contributed by atoms with van der Waals surface area (Å²) in [5, 5.41) is 13.8. The van der Waals surface area contributed by atoms with Crippen molar-refractivity contribution in [1.82, 2.24) is 20.2 Å². The summed E-state index contributed by atoms with van der Waals surface area (Å²) in [7, 11) is 0. The summed E-state index contributed by atoms with van der Waals surface area (Å²) in [4.78, 5) is 12.9. The summed E-state index contributed by atoms with van der Waals surface area (Å²) >= 11 is 0. The number of carbonyl (C=O) groups is 1. The van der Waals surface area contributed by atoms with Gasteiger partial charge in [0.2, 0.25) is 5.75 Å². The number of benzene rings is 2. The monoisotopic (exact) mass is 429 g/mol. The van der Waals surface area contributed by atoms with Crippen molar-refractivity contribution in [2.75, 3.05) is 25.1 Å². The molecule has 0 bridgehead atoms. The maximum Gasteiger partial charge on any atom is 0.255 e. The van der Waals surface area contributed by atoms with Crippen LogP contribution in [0.3, 0.4) is 0 Å². The van der Waals surface area contributed by atoms with Gasteiger partial charge in [0.15, 0.2) is 17.3 Å². The molecule has 0 saturated heterocycles. The Hall–Kier alpha value is -3.69. The number of aromatic nitrogens is 4. The van der Waals surface area contributed by atoms with Crippen LogP contribution in [0.5, 0.6) is 17.2 Å². The van der Waals surface area contributed by atoms with Gasteiger partial charge in [-0.15, -0.1) is 5.10 Å². The highest BCUT2D eigenvalue weighted by Gasteiger charge is 2.19. The van der Waals surface area contributed by atoms with Crippen molar-refractivity contribution in [2.24, 2.45) is 0 Å². The molecular formula is C21H24FN5O4. The van der Waals surface area contributed by atoms with Crippen LogP contribution >= 0.6 is 0 Å². The molecule has 2 aromatic carbocycles. The maximum absolute atomic E-state index is 14.3. The van der Waals surface area contributed by atoms with E-state index in [0.29, 0.717) is 54.1 Å². The first-order chi connectivity index (χ1) is 15.0. The minimum atomic E-state index is -0.522. The van der Waals surface area contributed by atoms with Crippen molar-refractivity contribution in [3.05, 3.63) is 47.5 Å². The zero-order chi connectivity index (χ0) is 22.4. The van der Waals surface area contributed by atoms with Gasteiger partial charge >= 0.3 is 0 Å². The summed E-state index contributed by atoms with van der Waals surface area (Å²) in [6.07, 6.45) is 0. The van der Waals surface area contributed by atoms with Gasteiger partial charge in [-0.05, 0) is 68.5 Å². The normalized spacial score (nSPS) is 10.6. The Kier molecular flexibility index (Phi) is 7.01. The number of hydrogen-bond acceptors (Lipinski definition) is 7. The summed E-state index contributed by atoms with van der Waals surface area (Å²) < 4.78 is 32.5. The van der Waals surface area contributed by atoms with E-state index in [1.807, 2.05) is 20.8 Å². The molecule has 3 aromatic rings. The Bertz CT molecular complexity index is 1040. The predicted molar refractivity (Wildman–Crippen MR) is 112 cm³/mol. The van der Waals surface area contributed by atoms with E-state index in [1.54, 1.807) is 19.1 Å². The van der Waals surface area contributed by atoms with Crippen molar-refractivity contribution >= 4 is 11.6 Å². The lowest BCUT2D eigenvalue weighted by atomic mass is 10.1. The molecule has 10 heteroatoms. The van der Waals surface area contributed by atoms with Gasteiger partial charge in [0.1, 0.15) is 11.5 Å². The van der Waals surface area contributed by atoms with E-state index in [0.717, 1.165) is 0 Å². The van der Waals surface area contributed by atoms with Gasteiger partial charge in [-0.2, -0.15) is 4.68 Å². The Morgan fingerprint density at radius 2 is 1.68 bits per heavy atom. The number of nitrogens with one attached hydrogen (secondary N) is 1. The molecule has 9 nitrogen and oxygen atoms in total. The van der Waals surface area contributed by atoms with E-state index in [-0.39, 0.29) is 5.69 Å². The number of ether oxygens (including phenoxy) is 3. The minimum Gasteiger partial charge on any atom is -0.490 e. The third kappa shape index (κ3) is 4.90.